The van der Waals surface area contributed by atoms with Gasteiger partial charge in [0.1, 0.15) is 0 Å². The summed E-state index contributed by atoms with van der Waals surface area (Å²) in [5.74, 6) is 0. The molecule has 6 rings (SSSR count). The van der Waals surface area contributed by atoms with Crippen LogP contribution in [0.2, 0.25) is 5.02 Å². The van der Waals surface area contributed by atoms with Gasteiger partial charge in [-0.25, -0.2) is 0 Å². The molecule has 6 nitrogen and oxygen atoms in total. The summed E-state index contributed by atoms with van der Waals surface area (Å²) in [6.07, 6.45) is 3.52. The molecule has 0 amide bonds. The highest BCUT2D eigenvalue weighted by Crippen LogP contribution is 2.31. The van der Waals surface area contributed by atoms with Crippen LogP contribution in [0.1, 0.15) is 5.56 Å². The second-order valence-electron chi connectivity index (χ2n) is 9.58. The van der Waals surface area contributed by atoms with Crippen molar-refractivity contribution in [1.82, 2.24) is 19.8 Å². The highest BCUT2D eigenvalue weighted by atomic mass is 35.5. The first-order valence-electron chi connectivity index (χ1n) is 12.6. The zero-order valence-electron chi connectivity index (χ0n) is 21.0. The lowest BCUT2D eigenvalue weighted by atomic mass is 10.0. The van der Waals surface area contributed by atoms with Crippen molar-refractivity contribution in [3.05, 3.63) is 99.9 Å². The summed E-state index contributed by atoms with van der Waals surface area (Å²) in [5, 5.41) is 5.82. The lowest BCUT2D eigenvalue weighted by molar-refractivity contribution is 0.231. The molecule has 192 valence electrons. The third-order valence-electron chi connectivity index (χ3n) is 7.11. The fraction of sp³-hybridized carbons (Fsp3) is 0.200. The Morgan fingerprint density at radius 3 is 2.47 bits per heavy atom. The molecule has 3 aromatic carbocycles. The number of hydrogen-bond acceptors (Lipinski definition) is 5. The number of halogens is 1. The molecule has 1 aliphatic rings. The van der Waals surface area contributed by atoms with Crippen LogP contribution in [-0.2, 0) is 17.3 Å². The van der Waals surface area contributed by atoms with Crippen LogP contribution in [-0.4, -0.2) is 51.1 Å². The average Bonchev–Trinajstić information content (AvgIpc) is 2.93. The van der Waals surface area contributed by atoms with Crippen molar-refractivity contribution < 1.29 is 4.21 Å². The SMILES string of the molecule is CS(=O)c1ccc(-n2c(=O)ccc3cnc4ccc(-c5ccc(Cl)cc5)cc4c32)cc1CN1CCNCC1. The van der Waals surface area contributed by atoms with Crippen LogP contribution in [0, 0.1) is 0 Å². The predicted molar refractivity (Wildman–Crippen MR) is 156 cm³/mol. The van der Waals surface area contributed by atoms with Crippen LogP contribution in [0.3, 0.4) is 0 Å². The summed E-state index contributed by atoms with van der Waals surface area (Å²) in [4.78, 5) is 21.3. The molecule has 1 saturated heterocycles. The molecule has 1 atom stereocenters. The molecule has 1 unspecified atom stereocenters. The lowest BCUT2D eigenvalue weighted by Gasteiger charge is -2.28. The third-order valence-corrected chi connectivity index (χ3v) is 8.38. The molecule has 3 heterocycles. The van der Waals surface area contributed by atoms with Crippen LogP contribution in [0.25, 0.3) is 38.6 Å². The molecule has 0 spiro atoms. The van der Waals surface area contributed by atoms with E-state index in [0.29, 0.717) is 11.6 Å². The molecule has 1 fully saturated rings. The second-order valence-corrected chi connectivity index (χ2v) is 11.4. The van der Waals surface area contributed by atoms with Gasteiger partial charge in [-0.05, 0) is 65.2 Å². The van der Waals surface area contributed by atoms with E-state index in [4.69, 9.17) is 11.6 Å². The second kappa shape index (κ2) is 10.4. The van der Waals surface area contributed by atoms with E-state index in [1.807, 2.05) is 66.9 Å². The summed E-state index contributed by atoms with van der Waals surface area (Å²) < 4.78 is 14.4. The summed E-state index contributed by atoms with van der Waals surface area (Å²) in [6, 6.07) is 23.1. The van der Waals surface area contributed by atoms with Gasteiger partial charge in [-0.1, -0.05) is 29.8 Å². The zero-order chi connectivity index (χ0) is 26.2. The first kappa shape index (κ1) is 24.9. The minimum Gasteiger partial charge on any atom is -0.314 e. The highest BCUT2D eigenvalue weighted by molar-refractivity contribution is 7.84. The standard InChI is InChI=1S/C30H27ClN4O2S/c1-38(37)28-10-8-25(16-23(28)19-34-14-12-32-13-15-34)35-29(36)11-5-22-18-33-27-9-4-21(17-26(27)30(22)35)20-2-6-24(31)7-3-20/h2-11,16-18,32H,12-15,19H2,1H3. The monoisotopic (exact) mass is 542 g/mol. The van der Waals surface area contributed by atoms with Crippen molar-refractivity contribution in [1.29, 1.82) is 0 Å². The molecule has 1 N–H and O–H groups in total. The number of rotatable bonds is 5. The highest BCUT2D eigenvalue weighted by Gasteiger charge is 2.17. The van der Waals surface area contributed by atoms with E-state index in [1.54, 1.807) is 16.9 Å². The summed E-state index contributed by atoms with van der Waals surface area (Å²) in [7, 11) is -1.14. The van der Waals surface area contributed by atoms with Gasteiger partial charge in [0.05, 0.1) is 21.8 Å². The Balaban J connectivity index is 1.56. The van der Waals surface area contributed by atoms with Crippen LogP contribution < -0.4 is 10.9 Å². The van der Waals surface area contributed by atoms with Crippen LogP contribution in [0.15, 0.2) is 88.7 Å². The van der Waals surface area contributed by atoms with Crippen LogP contribution in [0.4, 0.5) is 0 Å². The number of aromatic nitrogens is 2. The molecule has 0 aliphatic carbocycles. The summed E-state index contributed by atoms with van der Waals surface area (Å²) in [6.45, 7) is 4.41. The molecule has 8 heteroatoms. The predicted octanol–water partition coefficient (Wildman–Crippen LogP) is 5.00. The van der Waals surface area contributed by atoms with Gasteiger partial charge in [0.2, 0.25) is 0 Å². The minimum absolute atomic E-state index is 0.125. The van der Waals surface area contributed by atoms with Crippen molar-refractivity contribution in [3.8, 4) is 16.8 Å². The molecular formula is C30H27ClN4O2S. The van der Waals surface area contributed by atoms with Gasteiger partial charge in [0.15, 0.2) is 0 Å². The Hall–Kier alpha value is -3.36. The van der Waals surface area contributed by atoms with E-state index in [0.717, 1.165) is 75.3 Å². The first-order chi connectivity index (χ1) is 18.5. The van der Waals surface area contributed by atoms with Crippen LogP contribution >= 0.6 is 11.6 Å². The van der Waals surface area contributed by atoms with E-state index in [1.165, 1.54) is 0 Å². The molecule has 2 aromatic heterocycles. The number of benzene rings is 3. The Morgan fingerprint density at radius 2 is 1.71 bits per heavy atom. The zero-order valence-corrected chi connectivity index (χ0v) is 22.6. The van der Waals surface area contributed by atoms with Gasteiger partial charge < -0.3 is 5.32 Å². The van der Waals surface area contributed by atoms with Crippen molar-refractivity contribution in [2.75, 3.05) is 32.4 Å². The molecule has 38 heavy (non-hydrogen) atoms. The number of pyridine rings is 2. The maximum Gasteiger partial charge on any atom is 0.255 e. The Morgan fingerprint density at radius 1 is 0.947 bits per heavy atom. The number of nitrogens with zero attached hydrogens (tertiary/aromatic N) is 3. The van der Waals surface area contributed by atoms with Crippen molar-refractivity contribution in [2.45, 2.75) is 11.4 Å². The normalized spacial score (nSPS) is 15.2. The van der Waals surface area contributed by atoms with Gasteiger partial charge in [-0.3, -0.25) is 23.5 Å². The van der Waals surface area contributed by atoms with Crippen LogP contribution in [0.5, 0.6) is 0 Å². The lowest BCUT2D eigenvalue weighted by Crippen LogP contribution is -2.43. The quantitative estimate of drug-likeness (QED) is 0.317. The third kappa shape index (κ3) is 4.78. The van der Waals surface area contributed by atoms with E-state index in [9.17, 15) is 9.00 Å². The topological polar surface area (TPSA) is 67.2 Å². The molecule has 0 radical (unpaired) electrons. The molecule has 0 bridgehead atoms. The number of fused-ring (bicyclic) bond motifs is 3. The van der Waals surface area contributed by atoms with E-state index < -0.39 is 10.8 Å². The number of piperazine rings is 1. The largest absolute Gasteiger partial charge is 0.314 e. The Kier molecular flexibility index (Phi) is 6.84. The average molecular weight is 543 g/mol. The fourth-order valence-electron chi connectivity index (χ4n) is 5.21. The molecular weight excluding hydrogens is 516 g/mol. The summed E-state index contributed by atoms with van der Waals surface area (Å²) >= 11 is 6.11. The van der Waals surface area contributed by atoms with Gasteiger partial charge >= 0.3 is 0 Å². The molecule has 1 aliphatic heterocycles. The smallest absolute Gasteiger partial charge is 0.255 e. The Labute approximate surface area is 228 Å². The van der Waals surface area contributed by atoms with Gasteiger partial charge in [-0.15, -0.1) is 0 Å². The maximum absolute atomic E-state index is 13.4. The van der Waals surface area contributed by atoms with Gasteiger partial charge in [0.25, 0.3) is 5.56 Å². The van der Waals surface area contributed by atoms with Crippen molar-refractivity contribution >= 4 is 44.2 Å². The van der Waals surface area contributed by atoms with Gasteiger partial charge in [-0.2, -0.15) is 0 Å². The molecule has 5 aromatic rings. The van der Waals surface area contributed by atoms with Crippen molar-refractivity contribution in [3.63, 3.8) is 0 Å². The summed E-state index contributed by atoms with van der Waals surface area (Å²) in [5.41, 5.74) is 5.27. The first-order valence-corrected chi connectivity index (χ1v) is 14.5. The van der Waals surface area contributed by atoms with E-state index >= 15 is 0 Å². The molecule has 0 saturated carbocycles. The maximum atomic E-state index is 13.4. The van der Waals surface area contributed by atoms with E-state index in [-0.39, 0.29) is 5.56 Å². The Bertz CT molecular complexity index is 1740. The van der Waals surface area contributed by atoms with Crippen molar-refractivity contribution in [2.24, 2.45) is 0 Å². The number of nitrogens with one attached hydrogen (secondary N) is 1. The number of hydrogen-bond donors (Lipinski definition) is 1. The van der Waals surface area contributed by atoms with E-state index in [2.05, 4.69) is 21.3 Å². The minimum atomic E-state index is -1.14. The van der Waals surface area contributed by atoms with Gasteiger partial charge in [0, 0.05) is 77.6 Å². The fourth-order valence-corrected chi connectivity index (χ4v) is 6.09.